The zero-order valence-corrected chi connectivity index (χ0v) is 30.4. The van der Waals surface area contributed by atoms with Crippen LogP contribution in [-0.4, -0.2) is 14.5 Å². The molecule has 0 saturated carbocycles. The SMILES string of the molecule is [2H]C([2H])([2H])c1cnc(-c2[c-]cccc2)cc1-c1ccccc1.[2H]C([2H])(c1ccccc1)c1ccnc(-c2[c-]cc3c(c2)c2ccccc2n3-c2ccccc2)c1.[Ir]. The number of aromatic nitrogens is 3. The summed E-state index contributed by atoms with van der Waals surface area (Å²) in [7, 11) is 0. The number of pyridine rings is 2. The van der Waals surface area contributed by atoms with Gasteiger partial charge in [0.2, 0.25) is 0 Å². The molecule has 0 atom stereocenters. The Morgan fingerprint density at radius 1 is 0.615 bits per heavy atom. The molecule has 253 valence electrons. The minimum absolute atomic E-state index is 0. The Morgan fingerprint density at radius 3 is 2.10 bits per heavy atom. The number of benzene rings is 6. The van der Waals surface area contributed by atoms with E-state index in [1.165, 1.54) is 6.20 Å². The van der Waals surface area contributed by atoms with E-state index >= 15 is 0 Å². The molecule has 0 aliphatic carbocycles. The van der Waals surface area contributed by atoms with Crippen molar-refractivity contribution >= 4 is 21.8 Å². The second-order valence-corrected chi connectivity index (χ2v) is 12.0. The second-order valence-electron chi connectivity index (χ2n) is 12.0. The Morgan fingerprint density at radius 2 is 1.33 bits per heavy atom. The van der Waals surface area contributed by atoms with Crippen molar-refractivity contribution in [3.63, 3.8) is 0 Å². The summed E-state index contributed by atoms with van der Waals surface area (Å²) in [5, 5.41) is 2.28. The average Bonchev–Trinajstić information content (AvgIpc) is 3.58. The molecule has 0 unspecified atom stereocenters. The summed E-state index contributed by atoms with van der Waals surface area (Å²) in [5.74, 6) is 0. The van der Waals surface area contributed by atoms with Crippen molar-refractivity contribution in [2.24, 2.45) is 0 Å². The Kier molecular flexibility index (Phi) is 8.82. The van der Waals surface area contributed by atoms with Gasteiger partial charge in [-0.3, -0.25) is 0 Å². The Bertz CT molecular complexity index is 2750. The van der Waals surface area contributed by atoms with Crippen LogP contribution in [0.1, 0.15) is 23.5 Å². The number of nitrogens with zero attached hydrogens (tertiary/aromatic N) is 3. The van der Waals surface area contributed by atoms with Crippen LogP contribution in [0.3, 0.4) is 0 Å². The van der Waals surface area contributed by atoms with Crippen molar-refractivity contribution in [1.29, 1.82) is 0 Å². The molecule has 9 aromatic rings. The van der Waals surface area contributed by atoms with Crippen LogP contribution in [0, 0.1) is 19.0 Å². The van der Waals surface area contributed by atoms with E-state index < -0.39 is 13.2 Å². The van der Waals surface area contributed by atoms with Crippen molar-refractivity contribution in [1.82, 2.24) is 14.5 Å². The van der Waals surface area contributed by atoms with Crippen LogP contribution >= 0.6 is 0 Å². The van der Waals surface area contributed by atoms with Gasteiger partial charge in [0.1, 0.15) is 0 Å². The Balaban J connectivity index is 0.000000188. The molecule has 0 spiro atoms. The summed E-state index contributed by atoms with van der Waals surface area (Å²) >= 11 is 0. The average molecular weight is 851 g/mol. The third kappa shape index (κ3) is 7.40. The first-order chi connectivity index (χ1) is 27.2. The van der Waals surface area contributed by atoms with Gasteiger partial charge in [-0.25, -0.2) is 0 Å². The molecule has 4 heteroatoms. The molecule has 0 aliphatic rings. The quantitative estimate of drug-likeness (QED) is 0.156. The molecule has 52 heavy (non-hydrogen) atoms. The third-order valence-electron chi connectivity index (χ3n) is 8.69. The summed E-state index contributed by atoms with van der Waals surface area (Å²) in [6.45, 7) is -2.20. The zero-order valence-electron chi connectivity index (χ0n) is 33.0. The maximum absolute atomic E-state index is 8.73. The molecule has 3 aromatic heterocycles. The van der Waals surface area contributed by atoms with Crippen LogP contribution in [0.15, 0.2) is 182 Å². The molecule has 3 heterocycles. The summed E-state index contributed by atoms with van der Waals surface area (Å²) in [6, 6.07) is 61.1. The van der Waals surface area contributed by atoms with E-state index in [2.05, 4.69) is 69.1 Å². The topological polar surface area (TPSA) is 30.7 Å². The monoisotopic (exact) mass is 851 g/mol. The second kappa shape index (κ2) is 16.0. The first-order valence-corrected chi connectivity index (χ1v) is 16.7. The predicted octanol–water partition coefficient (Wildman–Crippen LogP) is 11.8. The predicted molar refractivity (Wildman–Crippen MR) is 211 cm³/mol. The van der Waals surface area contributed by atoms with Crippen molar-refractivity contribution in [2.75, 3.05) is 0 Å². The van der Waals surface area contributed by atoms with Gasteiger partial charge in [0.25, 0.3) is 0 Å². The van der Waals surface area contributed by atoms with Gasteiger partial charge in [0.05, 0.1) is 0 Å². The largest absolute Gasteiger partial charge is 0.351 e. The van der Waals surface area contributed by atoms with E-state index in [-0.39, 0.29) is 25.7 Å². The summed E-state index contributed by atoms with van der Waals surface area (Å²) in [6.07, 6.45) is 1.51. The van der Waals surface area contributed by atoms with Gasteiger partial charge in [-0.05, 0) is 87.6 Å². The Labute approximate surface area is 325 Å². The van der Waals surface area contributed by atoms with Gasteiger partial charge >= 0.3 is 0 Å². The molecular formula is C48H35IrN3-2. The van der Waals surface area contributed by atoms with Gasteiger partial charge in [0.15, 0.2) is 0 Å². The van der Waals surface area contributed by atoms with Crippen LogP contribution in [0.4, 0.5) is 0 Å². The molecule has 0 N–H and O–H groups in total. The van der Waals surface area contributed by atoms with E-state index in [4.69, 9.17) is 6.85 Å². The van der Waals surface area contributed by atoms with Crippen LogP contribution in [-0.2, 0) is 26.5 Å². The summed E-state index contributed by atoms with van der Waals surface area (Å²) in [5.41, 5.74) is 9.43. The molecule has 3 nitrogen and oxygen atoms in total. The molecule has 0 bridgehead atoms. The number of para-hydroxylation sites is 2. The molecule has 0 saturated heterocycles. The molecule has 0 fully saturated rings. The first-order valence-electron chi connectivity index (χ1n) is 19.2. The van der Waals surface area contributed by atoms with Crippen molar-refractivity contribution in [3.05, 3.63) is 211 Å². The van der Waals surface area contributed by atoms with Gasteiger partial charge in [0, 0.05) is 50.6 Å². The molecule has 6 aromatic carbocycles. The van der Waals surface area contributed by atoms with E-state index in [1.54, 1.807) is 12.3 Å². The van der Waals surface area contributed by atoms with Crippen LogP contribution in [0.5, 0.6) is 0 Å². The van der Waals surface area contributed by atoms with E-state index in [1.807, 2.05) is 121 Å². The van der Waals surface area contributed by atoms with Crippen LogP contribution < -0.4 is 0 Å². The maximum Gasteiger partial charge on any atom is 0.0436 e. The first kappa shape index (κ1) is 28.7. The number of fused-ring (bicyclic) bond motifs is 3. The fourth-order valence-corrected chi connectivity index (χ4v) is 6.27. The van der Waals surface area contributed by atoms with Gasteiger partial charge in [-0.1, -0.05) is 115 Å². The fourth-order valence-electron chi connectivity index (χ4n) is 6.27. The summed E-state index contributed by atoms with van der Waals surface area (Å²) < 4.78 is 42.9. The molecular weight excluding hydrogens is 811 g/mol. The van der Waals surface area contributed by atoms with Gasteiger partial charge in [-0.2, -0.15) is 0 Å². The minimum Gasteiger partial charge on any atom is -0.351 e. The van der Waals surface area contributed by atoms with Crippen molar-refractivity contribution in [3.8, 4) is 39.3 Å². The molecule has 0 aliphatic heterocycles. The molecule has 0 amide bonds. The van der Waals surface area contributed by atoms with E-state index in [9.17, 15) is 0 Å². The van der Waals surface area contributed by atoms with Crippen LogP contribution in [0.25, 0.3) is 61.1 Å². The van der Waals surface area contributed by atoms with E-state index in [0.717, 1.165) is 44.2 Å². The Hall–Kier alpha value is -5.93. The van der Waals surface area contributed by atoms with Gasteiger partial charge < -0.3 is 14.5 Å². The number of rotatable bonds is 6. The maximum atomic E-state index is 8.73. The summed E-state index contributed by atoms with van der Waals surface area (Å²) in [4.78, 5) is 8.87. The normalized spacial score (nSPS) is 12.7. The molecule has 1 radical (unpaired) electrons. The third-order valence-corrected chi connectivity index (χ3v) is 8.69. The van der Waals surface area contributed by atoms with Crippen LogP contribution in [0.2, 0.25) is 0 Å². The standard InChI is InChI=1S/C30H21N2.C18H14N.Ir/c1-3-9-22(10-4-1)19-23-17-18-31-28(20-23)24-15-16-30-27(21-24)26-13-7-8-14-29(26)32(30)25-11-5-2-6-12-25;1-14-13-19-18(16-10-6-3-7-11-16)12-17(14)15-8-4-2-5-9-15;/h1-14,16-18,20-21H,19H2;2-10,12-13H,1H3;/q2*-1;/i19D2;1D3;. The van der Waals surface area contributed by atoms with Gasteiger partial charge in [-0.15, -0.1) is 59.7 Å². The molecule has 9 rings (SSSR count). The van der Waals surface area contributed by atoms with Crippen molar-refractivity contribution in [2.45, 2.75) is 13.2 Å². The smallest absolute Gasteiger partial charge is 0.0436 e. The zero-order chi connectivity index (χ0) is 38.7. The number of hydrogen-bond acceptors (Lipinski definition) is 2. The van der Waals surface area contributed by atoms with E-state index in [0.29, 0.717) is 28.1 Å². The number of aryl methyl sites for hydroxylation is 1. The minimum atomic E-state index is -2.20. The fraction of sp³-hybridized carbons (Fsp3) is 0.0417. The van der Waals surface area contributed by atoms with Crippen molar-refractivity contribution < 1.29 is 27.0 Å². The number of hydrogen-bond donors (Lipinski definition) is 0.